The summed E-state index contributed by atoms with van der Waals surface area (Å²) in [5.74, 6) is 1.31. The monoisotopic (exact) mass is 457 g/mol. The number of para-hydroxylation sites is 1. The number of likely N-dealkylation sites (N-methyl/N-ethyl adjacent to an activating group) is 1. The zero-order chi connectivity index (χ0) is 22.0. The first-order chi connectivity index (χ1) is 15.0. The Morgan fingerprint density at radius 3 is 2.77 bits per heavy atom. The van der Waals surface area contributed by atoms with Crippen LogP contribution in [0.5, 0.6) is 5.75 Å². The molecule has 162 valence electrons. The van der Waals surface area contributed by atoms with Gasteiger partial charge in [-0.05, 0) is 56.0 Å². The van der Waals surface area contributed by atoms with E-state index < -0.39 is 0 Å². The second-order valence-electron chi connectivity index (χ2n) is 7.42. The molecule has 0 saturated carbocycles. The van der Waals surface area contributed by atoms with Gasteiger partial charge in [0, 0.05) is 18.1 Å². The van der Waals surface area contributed by atoms with Gasteiger partial charge in [-0.2, -0.15) is 0 Å². The number of hydrogen-bond acceptors (Lipinski definition) is 5. The van der Waals surface area contributed by atoms with Crippen molar-refractivity contribution in [2.45, 2.75) is 26.6 Å². The van der Waals surface area contributed by atoms with E-state index in [1.807, 2.05) is 60.8 Å². The minimum Gasteiger partial charge on any atom is -0.492 e. The van der Waals surface area contributed by atoms with Gasteiger partial charge < -0.3 is 4.74 Å². The summed E-state index contributed by atoms with van der Waals surface area (Å²) in [6, 6.07) is 14.9. The Morgan fingerprint density at radius 1 is 1.19 bits per heavy atom. The fourth-order valence-corrected chi connectivity index (χ4v) is 4.02. The molecule has 0 unspecified atom stereocenters. The predicted octanol–water partition coefficient (Wildman–Crippen LogP) is 4.21. The Labute approximate surface area is 190 Å². The summed E-state index contributed by atoms with van der Waals surface area (Å²) < 4.78 is 11.7. The number of aromatic nitrogens is 4. The van der Waals surface area contributed by atoms with Crippen LogP contribution >= 0.6 is 23.8 Å². The molecule has 2 heterocycles. The van der Waals surface area contributed by atoms with Gasteiger partial charge >= 0.3 is 0 Å². The molecule has 0 aliphatic carbocycles. The zero-order valence-electron chi connectivity index (χ0n) is 17.5. The molecule has 0 atom stereocenters. The maximum atomic E-state index is 13.0. The topological polar surface area (TPSA) is 56.7 Å². The lowest BCUT2D eigenvalue weighted by Crippen LogP contribution is -2.27. The lowest BCUT2D eigenvalue weighted by Gasteiger charge is -2.16. The largest absolute Gasteiger partial charge is 0.492 e. The molecule has 0 aliphatic rings. The van der Waals surface area contributed by atoms with E-state index in [0.717, 1.165) is 17.7 Å². The van der Waals surface area contributed by atoms with E-state index in [9.17, 15) is 4.79 Å². The highest BCUT2D eigenvalue weighted by molar-refractivity contribution is 7.71. The number of halogens is 1. The summed E-state index contributed by atoms with van der Waals surface area (Å²) >= 11 is 11.7. The van der Waals surface area contributed by atoms with Crippen molar-refractivity contribution in [1.29, 1.82) is 0 Å². The highest BCUT2D eigenvalue weighted by Crippen LogP contribution is 2.17. The van der Waals surface area contributed by atoms with Crippen molar-refractivity contribution in [3.63, 3.8) is 0 Å². The molecule has 9 heteroatoms. The highest BCUT2D eigenvalue weighted by atomic mass is 35.5. The van der Waals surface area contributed by atoms with Crippen molar-refractivity contribution < 1.29 is 4.74 Å². The van der Waals surface area contributed by atoms with Crippen LogP contribution in [0.2, 0.25) is 5.02 Å². The van der Waals surface area contributed by atoms with Crippen LogP contribution in [0, 0.1) is 4.77 Å². The molecule has 0 radical (unpaired) electrons. The molecule has 0 N–H and O–H groups in total. The minimum atomic E-state index is -0.0413. The van der Waals surface area contributed by atoms with Gasteiger partial charge in [-0.3, -0.25) is 18.7 Å². The average Bonchev–Trinajstić information content (AvgIpc) is 3.07. The van der Waals surface area contributed by atoms with Crippen LogP contribution in [0.15, 0.2) is 53.3 Å². The normalized spacial score (nSPS) is 11.6. The first-order valence-electron chi connectivity index (χ1n) is 10.2. The van der Waals surface area contributed by atoms with Crippen LogP contribution in [-0.4, -0.2) is 43.8 Å². The maximum absolute atomic E-state index is 13.0. The third-order valence-corrected chi connectivity index (χ3v) is 5.67. The van der Waals surface area contributed by atoms with E-state index in [0.29, 0.717) is 47.3 Å². The van der Waals surface area contributed by atoms with Crippen LogP contribution in [0.4, 0.5) is 0 Å². The lowest BCUT2D eigenvalue weighted by atomic mass is 10.2. The second kappa shape index (κ2) is 9.21. The maximum Gasteiger partial charge on any atom is 0.262 e. The van der Waals surface area contributed by atoms with Gasteiger partial charge in [-0.25, -0.2) is 4.68 Å². The van der Waals surface area contributed by atoms with Gasteiger partial charge in [0.1, 0.15) is 12.4 Å². The molecule has 0 spiro atoms. The SMILES string of the molecule is CCCn1c(=O)c2ccccc2n2c(=S)n(CN(C)CCOc3cccc(Cl)c3)nc12. The summed E-state index contributed by atoms with van der Waals surface area (Å²) in [5, 5.41) is 5.98. The molecule has 2 aromatic carbocycles. The molecule has 0 amide bonds. The van der Waals surface area contributed by atoms with Crippen LogP contribution in [-0.2, 0) is 13.2 Å². The van der Waals surface area contributed by atoms with E-state index in [2.05, 4.69) is 4.90 Å². The Hall–Kier alpha value is -2.68. The standard InChI is InChI=1S/C22H24ClN5O2S/c1-3-11-26-20(29)18-9-4-5-10-19(18)28-21(26)24-27(22(28)31)15-25(2)12-13-30-17-8-6-7-16(23)14-17/h4-10,14H,3,11-13,15H2,1-2H3. The molecule has 0 aliphatic heterocycles. The number of benzene rings is 2. The third-order valence-electron chi connectivity index (χ3n) is 5.04. The quantitative estimate of drug-likeness (QED) is 0.371. The van der Waals surface area contributed by atoms with Gasteiger partial charge in [0.25, 0.3) is 5.56 Å². The van der Waals surface area contributed by atoms with E-state index in [1.165, 1.54) is 0 Å². The third kappa shape index (κ3) is 4.37. The minimum absolute atomic E-state index is 0.0413. The number of hydrogen-bond donors (Lipinski definition) is 0. The summed E-state index contributed by atoms with van der Waals surface area (Å²) in [7, 11) is 1.98. The van der Waals surface area contributed by atoms with E-state index in [1.54, 1.807) is 15.3 Å². The number of fused-ring (bicyclic) bond motifs is 3. The van der Waals surface area contributed by atoms with Gasteiger partial charge in [-0.15, -0.1) is 5.10 Å². The van der Waals surface area contributed by atoms with E-state index >= 15 is 0 Å². The van der Waals surface area contributed by atoms with Gasteiger partial charge in [0.05, 0.1) is 17.6 Å². The molecule has 0 bridgehead atoms. The molecule has 4 aromatic rings. The molecule has 0 saturated heterocycles. The van der Waals surface area contributed by atoms with Crippen LogP contribution in [0.25, 0.3) is 16.7 Å². The number of ether oxygens (including phenoxy) is 1. The molecular weight excluding hydrogens is 434 g/mol. The Balaban J connectivity index is 1.60. The smallest absolute Gasteiger partial charge is 0.262 e. The average molecular weight is 458 g/mol. The van der Waals surface area contributed by atoms with Crippen molar-refractivity contribution in [3.05, 3.63) is 68.7 Å². The van der Waals surface area contributed by atoms with Crippen LogP contribution in [0.3, 0.4) is 0 Å². The van der Waals surface area contributed by atoms with Crippen molar-refractivity contribution >= 4 is 40.5 Å². The molecular formula is C22H24ClN5O2S. The van der Waals surface area contributed by atoms with Gasteiger partial charge in [0.15, 0.2) is 0 Å². The second-order valence-corrected chi connectivity index (χ2v) is 8.22. The summed E-state index contributed by atoms with van der Waals surface area (Å²) in [6.45, 7) is 4.28. The Morgan fingerprint density at radius 2 is 2.00 bits per heavy atom. The molecule has 4 rings (SSSR count). The van der Waals surface area contributed by atoms with Crippen molar-refractivity contribution in [1.82, 2.24) is 23.6 Å². The van der Waals surface area contributed by atoms with E-state index in [-0.39, 0.29) is 5.56 Å². The van der Waals surface area contributed by atoms with Gasteiger partial charge in [-0.1, -0.05) is 36.7 Å². The molecule has 2 aromatic heterocycles. The number of aryl methyl sites for hydroxylation is 1. The molecule has 31 heavy (non-hydrogen) atoms. The molecule has 7 nitrogen and oxygen atoms in total. The van der Waals surface area contributed by atoms with Crippen molar-refractivity contribution in [2.24, 2.45) is 0 Å². The lowest BCUT2D eigenvalue weighted by molar-refractivity contribution is 0.198. The Bertz CT molecular complexity index is 1340. The highest BCUT2D eigenvalue weighted by Gasteiger charge is 2.15. The summed E-state index contributed by atoms with van der Waals surface area (Å²) in [6.07, 6.45) is 0.828. The van der Waals surface area contributed by atoms with Crippen LogP contribution in [0.1, 0.15) is 13.3 Å². The number of nitrogens with zero attached hydrogens (tertiary/aromatic N) is 5. The fourth-order valence-electron chi connectivity index (χ4n) is 3.56. The summed E-state index contributed by atoms with van der Waals surface area (Å²) in [5.41, 5.74) is 0.735. The number of rotatable bonds is 8. The first kappa shape index (κ1) is 21.5. The van der Waals surface area contributed by atoms with Crippen LogP contribution < -0.4 is 10.3 Å². The first-order valence-corrected chi connectivity index (χ1v) is 11.0. The Kier molecular flexibility index (Phi) is 6.41. The van der Waals surface area contributed by atoms with Crippen molar-refractivity contribution in [2.75, 3.05) is 20.2 Å². The van der Waals surface area contributed by atoms with E-state index in [4.69, 9.17) is 33.7 Å². The fraction of sp³-hybridized carbons (Fsp3) is 0.318. The summed E-state index contributed by atoms with van der Waals surface area (Å²) in [4.78, 5) is 15.1. The molecule has 0 fully saturated rings. The van der Waals surface area contributed by atoms with Crippen molar-refractivity contribution in [3.8, 4) is 5.75 Å². The van der Waals surface area contributed by atoms with Gasteiger partial charge in [0.2, 0.25) is 10.5 Å². The predicted molar refractivity (Wildman–Crippen MR) is 126 cm³/mol. The zero-order valence-corrected chi connectivity index (χ0v) is 19.1.